The Balaban J connectivity index is 1.73. The Morgan fingerprint density at radius 2 is 2.00 bits per heavy atom. The zero-order valence-electron chi connectivity index (χ0n) is 12.0. The predicted octanol–water partition coefficient (Wildman–Crippen LogP) is 2.04. The van der Waals surface area contributed by atoms with E-state index in [4.69, 9.17) is 0 Å². The van der Waals surface area contributed by atoms with Crippen molar-refractivity contribution in [1.82, 2.24) is 10.2 Å². The van der Waals surface area contributed by atoms with Crippen LogP contribution in [-0.4, -0.2) is 43.3 Å². The van der Waals surface area contributed by atoms with E-state index < -0.39 is 0 Å². The number of benzene rings is 1. The highest BCUT2D eigenvalue weighted by atomic mass is 16.3. The van der Waals surface area contributed by atoms with Crippen LogP contribution in [-0.2, 0) is 0 Å². The monoisotopic (exact) mass is 262 g/mol. The first-order valence-corrected chi connectivity index (χ1v) is 7.28. The minimum absolute atomic E-state index is 0.0345. The molecule has 1 aromatic carbocycles. The number of aliphatic hydroxyl groups is 1. The molecule has 2 N–H and O–H groups in total. The summed E-state index contributed by atoms with van der Waals surface area (Å²) in [6.45, 7) is 2.20. The molecule has 1 aliphatic carbocycles. The highest BCUT2D eigenvalue weighted by Gasteiger charge is 2.27. The van der Waals surface area contributed by atoms with Gasteiger partial charge < -0.3 is 15.3 Å². The fourth-order valence-corrected chi connectivity index (χ4v) is 2.89. The number of hydrogen-bond acceptors (Lipinski definition) is 3. The summed E-state index contributed by atoms with van der Waals surface area (Å²) >= 11 is 0. The third kappa shape index (κ3) is 4.30. The minimum atomic E-state index is -0.0345. The Kier molecular flexibility index (Phi) is 5.37. The number of hydrogen-bond donors (Lipinski definition) is 2. The van der Waals surface area contributed by atoms with Crippen molar-refractivity contribution in [2.24, 2.45) is 5.92 Å². The fourth-order valence-electron chi connectivity index (χ4n) is 2.89. The Morgan fingerprint density at radius 1 is 1.32 bits per heavy atom. The molecule has 3 heteroatoms. The van der Waals surface area contributed by atoms with Gasteiger partial charge in [0, 0.05) is 12.6 Å². The van der Waals surface area contributed by atoms with Crippen LogP contribution < -0.4 is 5.32 Å². The molecule has 106 valence electrons. The maximum atomic E-state index is 9.31. The highest BCUT2D eigenvalue weighted by molar-refractivity contribution is 5.18. The Bertz CT molecular complexity index is 362. The van der Waals surface area contributed by atoms with Gasteiger partial charge in [0.1, 0.15) is 0 Å². The molecule has 0 aromatic heterocycles. The second kappa shape index (κ2) is 7.04. The van der Waals surface area contributed by atoms with Crippen molar-refractivity contribution in [2.75, 3.05) is 27.2 Å². The van der Waals surface area contributed by atoms with E-state index in [0.29, 0.717) is 12.0 Å². The van der Waals surface area contributed by atoms with Crippen molar-refractivity contribution in [2.45, 2.75) is 31.4 Å². The van der Waals surface area contributed by atoms with E-state index in [1.807, 2.05) is 7.05 Å². The molecule has 2 rings (SSSR count). The van der Waals surface area contributed by atoms with E-state index in [1.165, 1.54) is 5.56 Å². The highest BCUT2D eigenvalue weighted by Crippen LogP contribution is 2.27. The molecule has 19 heavy (non-hydrogen) atoms. The smallest absolute Gasteiger partial charge is 0.0546 e. The molecule has 1 unspecified atom stereocenters. The Hall–Kier alpha value is -0.900. The first-order chi connectivity index (χ1) is 9.19. The van der Waals surface area contributed by atoms with Crippen LogP contribution in [0.5, 0.6) is 0 Å². The van der Waals surface area contributed by atoms with Crippen molar-refractivity contribution in [1.29, 1.82) is 0 Å². The summed E-state index contributed by atoms with van der Waals surface area (Å²) in [5.74, 6) is 0.699. The third-order valence-corrected chi connectivity index (χ3v) is 4.13. The summed E-state index contributed by atoms with van der Waals surface area (Å²) in [6, 6.07) is 11.0. The molecule has 0 aliphatic heterocycles. The van der Waals surface area contributed by atoms with Crippen LogP contribution in [0, 0.1) is 5.92 Å². The average Bonchev–Trinajstić information content (AvgIpc) is 2.39. The maximum absolute atomic E-state index is 9.31. The molecule has 0 bridgehead atoms. The standard InChI is InChI=1S/C16H26N2O/c1-17-16(14-6-4-3-5-7-14)8-9-18(2)12-13-10-15(19)11-13/h3-7,13,15-17,19H,8-12H2,1-2H3. The zero-order valence-corrected chi connectivity index (χ0v) is 12.0. The number of aliphatic hydroxyl groups excluding tert-OH is 1. The second-order valence-electron chi connectivity index (χ2n) is 5.79. The van der Waals surface area contributed by atoms with Gasteiger partial charge in [0.2, 0.25) is 0 Å². The summed E-state index contributed by atoms with van der Waals surface area (Å²) < 4.78 is 0. The Morgan fingerprint density at radius 3 is 2.58 bits per heavy atom. The molecule has 0 saturated heterocycles. The molecule has 1 saturated carbocycles. The lowest BCUT2D eigenvalue weighted by molar-refractivity contribution is 0.0279. The lowest BCUT2D eigenvalue weighted by Gasteiger charge is -2.34. The largest absolute Gasteiger partial charge is 0.393 e. The summed E-state index contributed by atoms with van der Waals surface area (Å²) in [6.07, 6.45) is 3.05. The van der Waals surface area contributed by atoms with Gasteiger partial charge in [-0.3, -0.25) is 0 Å². The molecule has 1 aromatic rings. The van der Waals surface area contributed by atoms with Crippen LogP contribution in [0.3, 0.4) is 0 Å². The molecule has 1 fully saturated rings. The van der Waals surface area contributed by atoms with Gasteiger partial charge in [-0.2, -0.15) is 0 Å². The van der Waals surface area contributed by atoms with E-state index >= 15 is 0 Å². The van der Waals surface area contributed by atoms with E-state index in [0.717, 1.165) is 32.4 Å². The van der Waals surface area contributed by atoms with Crippen LogP contribution in [0.15, 0.2) is 30.3 Å². The molecule has 0 amide bonds. The first kappa shape index (κ1) is 14.5. The SMILES string of the molecule is CNC(CCN(C)CC1CC(O)C1)c1ccccc1. The van der Waals surface area contributed by atoms with Crippen molar-refractivity contribution >= 4 is 0 Å². The summed E-state index contributed by atoms with van der Waals surface area (Å²) in [5.41, 5.74) is 1.36. The van der Waals surface area contributed by atoms with E-state index in [2.05, 4.69) is 47.6 Å². The first-order valence-electron chi connectivity index (χ1n) is 7.28. The van der Waals surface area contributed by atoms with Crippen LogP contribution in [0.2, 0.25) is 0 Å². The lowest BCUT2D eigenvalue weighted by Crippen LogP contribution is -2.38. The molecule has 0 radical (unpaired) electrons. The van der Waals surface area contributed by atoms with Gasteiger partial charge in [0.15, 0.2) is 0 Å². The molecular formula is C16H26N2O. The summed E-state index contributed by atoms with van der Waals surface area (Å²) in [4.78, 5) is 2.39. The molecule has 0 spiro atoms. The van der Waals surface area contributed by atoms with Gasteiger partial charge in [-0.15, -0.1) is 0 Å². The van der Waals surface area contributed by atoms with E-state index in [9.17, 15) is 5.11 Å². The number of rotatable bonds is 7. The quantitative estimate of drug-likeness (QED) is 0.789. The van der Waals surface area contributed by atoms with Crippen molar-refractivity contribution < 1.29 is 5.11 Å². The van der Waals surface area contributed by atoms with Crippen molar-refractivity contribution in [3.05, 3.63) is 35.9 Å². The van der Waals surface area contributed by atoms with Gasteiger partial charge >= 0.3 is 0 Å². The molecular weight excluding hydrogens is 236 g/mol. The van der Waals surface area contributed by atoms with Crippen molar-refractivity contribution in [3.63, 3.8) is 0 Å². The van der Waals surface area contributed by atoms with Gasteiger partial charge in [0.05, 0.1) is 6.10 Å². The lowest BCUT2D eigenvalue weighted by atomic mass is 9.82. The molecule has 0 heterocycles. The molecule has 1 aliphatic rings. The van der Waals surface area contributed by atoms with E-state index in [-0.39, 0.29) is 6.10 Å². The molecule has 1 atom stereocenters. The maximum Gasteiger partial charge on any atom is 0.0546 e. The number of nitrogens with one attached hydrogen (secondary N) is 1. The molecule has 3 nitrogen and oxygen atoms in total. The van der Waals surface area contributed by atoms with E-state index in [1.54, 1.807) is 0 Å². The van der Waals surface area contributed by atoms with Gasteiger partial charge in [-0.1, -0.05) is 30.3 Å². The fraction of sp³-hybridized carbons (Fsp3) is 0.625. The third-order valence-electron chi connectivity index (χ3n) is 4.13. The van der Waals surface area contributed by atoms with Crippen LogP contribution in [0.4, 0.5) is 0 Å². The predicted molar refractivity (Wildman–Crippen MR) is 79.1 cm³/mol. The second-order valence-corrected chi connectivity index (χ2v) is 5.79. The summed E-state index contributed by atoms with van der Waals surface area (Å²) in [5, 5.41) is 12.7. The van der Waals surface area contributed by atoms with Gasteiger partial charge in [-0.05, 0) is 51.4 Å². The summed E-state index contributed by atoms with van der Waals surface area (Å²) in [7, 11) is 4.21. The van der Waals surface area contributed by atoms with Crippen LogP contribution >= 0.6 is 0 Å². The van der Waals surface area contributed by atoms with Gasteiger partial charge in [-0.25, -0.2) is 0 Å². The van der Waals surface area contributed by atoms with Crippen molar-refractivity contribution in [3.8, 4) is 0 Å². The van der Waals surface area contributed by atoms with Gasteiger partial charge in [0.25, 0.3) is 0 Å². The number of nitrogens with zero attached hydrogens (tertiary/aromatic N) is 1. The van der Waals surface area contributed by atoms with Crippen LogP contribution in [0.25, 0.3) is 0 Å². The minimum Gasteiger partial charge on any atom is -0.393 e. The normalized spacial score (nSPS) is 24.2. The Labute approximate surface area is 116 Å². The average molecular weight is 262 g/mol. The topological polar surface area (TPSA) is 35.5 Å². The van der Waals surface area contributed by atoms with Crippen LogP contribution in [0.1, 0.15) is 30.9 Å². The zero-order chi connectivity index (χ0) is 13.7.